The van der Waals surface area contributed by atoms with Crippen molar-refractivity contribution in [3.63, 3.8) is 0 Å². The molecule has 8 N–H and O–H groups in total. The summed E-state index contributed by atoms with van der Waals surface area (Å²) in [6.45, 7) is 1.21. The Morgan fingerprint density at radius 1 is 1.03 bits per heavy atom. The van der Waals surface area contributed by atoms with E-state index < -0.39 is 54.0 Å². The van der Waals surface area contributed by atoms with Crippen molar-refractivity contribution >= 4 is 48.1 Å². The molecular formula is C21H32N4O7S2. The monoisotopic (exact) mass is 516 g/mol. The van der Waals surface area contributed by atoms with Gasteiger partial charge in [-0.1, -0.05) is 12.1 Å². The van der Waals surface area contributed by atoms with Crippen molar-refractivity contribution in [1.82, 2.24) is 16.0 Å². The van der Waals surface area contributed by atoms with Crippen molar-refractivity contribution in [1.29, 1.82) is 0 Å². The average Bonchev–Trinajstić information content (AvgIpc) is 2.79. The second-order valence-corrected chi connectivity index (χ2v) is 8.98. The van der Waals surface area contributed by atoms with Gasteiger partial charge in [0.15, 0.2) is 6.04 Å². The number of nitrogens with one attached hydrogen (secondary N) is 3. The molecule has 0 saturated carbocycles. The number of aromatic hydroxyl groups is 1. The highest BCUT2D eigenvalue weighted by Crippen LogP contribution is 2.12. The summed E-state index contributed by atoms with van der Waals surface area (Å²) in [5.41, 5.74) is 6.53. The van der Waals surface area contributed by atoms with E-state index in [0.717, 1.165) is 0 Å². The number of nitrogens with two attached hydrogens (primary N) is 1. The van der Waals surface area contributed by atoms with Crippen LogP contribution in [0.15, 0.2) is 24.3 Å². The average molecular weight is 517 g/mol. The molecule has 5 unspecified atom stereocenters. The Morgan fingerprint density at radius 2 is 1.59 bits per heavy atom. The number of thioether (sulfide) groups is 1. The van der Waals surface area contributed by atoms with Crippen molar-refractivity contribution in [2.24, 2.45) is 5.73 Å². The zero-order valence-corrected chi connectivity index (χ0v) is 20.6. The molecule has 3 amide bonds. The number of carboxylic acid groups (broad SMARTS) is 1. The van der Waals surface area contributed by atoms with Gasteiger partial charge in [-0.3, -0.25) is 14.4 Å². The van der Waals surface area contributed by atoms with E-state index >= 15 is 0 Å². The van der Waals surface area contributed by atoms with Crippen LogP contribution in [0.4, 0.5) is 0 Å². The van der Waals surface area contributed by atoms with Gasteiger partial charge in [0.1, 0.15) is 17.8 Å². The molecule has 0 aliphatic heterocycles. The zero-order chi connectivity index (χ0) is 25.8. The number of carbonyl (C=O) groups is 4. The number of hydrogen-bond acceptors (Lipinski definition) is 9. The highest BCUT2D eigenvalue weighted by molar-refractivity contribution is 7.98. The minimum atomic E-state index is -1.58. The maximum atomic E-state index is 13.0. The molecule has 1 aromatic rings. The van der Waals surface area contributed by atoms with Crippen molar-refractivity contribution in [2.45, 2.75) is 50.0 Å². The van der Waals surface area contributed by atoms with Crippen LogP contribution >= 0.6 is 24.4 Å². The van der Waals surface area contributed by atoms with Gasteiger partial charge < -0.3 is 37.0 Å². The van der Waals surface area contributed by atoms with Crippen molar-refractivity contribution in [2.75, 3.05) is 17.8 Å². The number of carboxylic acids is 1. The van der Waals surface area contributed by atoms with Crippen LogP contribution in [0.1, 0.15) is 18.9 Å². The summed E-state index contributed by atoms with van der Waals surface area (Å²) in [6, 6.07) is 1.27. The first kappa shape index (κ1) is 29.6. The minimum Gasteiger partial charge on any atom is -0.508 e. The summed E-state index contributed by atoms with van der Waals surface area (Å²) in [6.07, 6.45) is 0.945. The molecular weight excluding hydrogens is 484 g/mol. The van der Waals surface area contributed by atoms with Gasteiger partial charge in [0.2, 0.25) is 17.7 Å². The number of benzene rings is 1. The topological polar surface area (TPSA) is 191 Å². The molecule has 0 aliphatic rings. The molecule has 34 heavy (non-hydrogen) atoms. The second-order valence-electron chi connectivity index (χ2n) is 7.63. The first-order valence-corrected chi connectivity index (χ1v) is 12.5. The van der Waals surface area contributed by atoms with E-state index in [-0.39, 0.29) is 17.9 Å². The third kappa shape index (κ3) is 9.79. The quantitative estimate of drug-likeness (QED) is 0.141. The molecule has 11 nitrogen and oxygen atoms in total. The van der Waals surface area contributed by atoms with Crippen molar-refractivity contribution < 1.29 is 34.5 Å². The second kappa shape index (κ2) is 14.7. The Labute approximate surface area is 207 Å². The fourth-order valence-corrected chi connectivity index (χ4v) is 3.59. The fourth-order valence-electron chi connectivity index (χ4n) is 2.84. The number of thiol groups is 1. The summed E-state index contributed by atoms with van der Waals surface area (Å²) in [5, 5.41) is 35.4. The molecule has 0 fully saturated rings. The van der Waals surface area contributed by atoms with Gasteiger partial charge in [0.05, 0.1) is 12.1 Å². The van der Waals surface area contributed by atoms with Crippen LogP contribution in [-0.2, 0) is 25.6 Å². The Bertz CT molecular complexity index is 839. The van der Waals surface area contributed by atoms with Gasteiger partial charge in [-0.25, -0.2) is 4.79 Å². The van der Waals surface area contributed by atoms with Crippen LogP contribution in [0.3, 0.4) is 0 Å². The Balaban J connectivity index is 3.00. The lowest BCUT2D eigenvalue weighted by Gasteiger charge is -2.25. The Kier molecular flexibility index (Phi) is 12.8. The lowest BCUT2D eigenvalue weighted by atomic mass is 10.0. The van der Waals surface area contributed by atoms with E-state index in [1.807, 2.05) is 6.26 Å². The first-order chi connectivity index (χ1) is 16.0. The van der Waals surface area contributed by atoms with E-state index in [9.17, 15) is 29.4 Å². The van der Waals surface area contributed by atoms with Gasteiger partial charge >= 0.3 is 5.97 Å². The maximum Gasteiger partial charge on any atom is 0.328 e. The summed E-state index contributed by atoms with van der Waals surface area (Å²) in [7, 11) is 0. The molecule has 0 aromatic heterocycles. The molecule has 0 saturated heterocycles. The van der Waals surface area contributed by atoms with Gasteiger partial charge in [-0.05, 0) is 43.0 Å². The highest BCUT2D eigenvalue weighted by atomic mass is 32.2. The van der Waals surface area contributed by atoms with Crippen LogP contribution < -0.4 is 21.7 Å². The number of carbonyl (C=O) groups excluding carboxylic acids is 3. The van der Waals surface area contributed by atoms with Crippen molar-refractivity contribution in [3.8, 4) is 5.75 Å². The third-order valence-electron chi connectivity index (χ3n) is 4.84. The number of phenolic OH excluding ortho intramolecular Hbond substituents is 1. The fraction of sp³-hybridized carbons (Fsp3) is 0.524. The van der Waals surface area contributed by atoms with Gasteiger partial charge in [-0.15, -0.1) is 0 Å². The summed E-state index contributed by atoms with van der Waals surface area (Å²) < 4.78 is 0. The van der Waals surface area contributed by atoms with E-state index in [1.54, 1.807) is 12.1 Å². The molecule has 0 spiro atoms. The predicted molar refractivity (Wildman–Crippen MR) is 132 cm³/mol. The van der Waals surface area contributed by atoms with Gasteiger partial charge in [0, 0.05) is 12.2 Å². The SMILES string of the molecule is CSCCC(N)C(=O)NC(Cc1ccc(O)cc1)C(=O)NC(CS)C(=O)NC(C(=O)O)C(C)O. The van der Waals surface area contributed by atoms with Gasteiger partial charge in [-0.2, -0.15) is 24.4 Å². The third-order valence-corrected chi connectivity index (χ3v) is 5.85. The smallest absolute Gasteiger partial charge is 0.328 e. The highest BCUT2D eigenvalue weighted by Gasteiger charge is 2.31. The van der Waals surface area contributed by atoms with Crippen LogP contribution in [0.25, 0.3) is 0 Å². The first-order valence-electron chi connectivity index (χ1n) is 10.4. The lowest BCUT2D eigenvalue weighted by Crippen LogP contribution is -2.59. The largest absolute Gasteiger partial charge is 0.508 e. The molecule has 0 radical (unpaired) electrons. The molecule has 5 atom stereocenters. The van der Waals surface area contributed by atoms with Crippen LogP contribution in [-0.4, -0.2) is 87.0 Å². The van der Waals surface area contributed by atoms with Crippen LogP contribution in [0.2, 0.25) is 0 Å². The van der Waals surface area contributed by atoms with E-state index in [0.29, 0.717) is 17.7 Å². The number of amides is 3. The summed E-state index contributed by atoms with van der Waals surface area (Å²) in [4.78, 5) is 49.3. The summed E-state index contributed by atoms with van der Waals surface area (Å²) >= 11 is 5.58. The van der Waals surface area contributed by atoms with Crippen LogP contribution in [0, 0.1) is 0 Å². The number of hydrogen-bond donors (Lipinski definition) is 8. The molecule has 0 heterocycles. The molecule has 1 aromatic carbocycles. The van der Waals surface area contributed by atoms with E-state index in [1.165, 1.54) is 30.8 Å². The zero-order valence-electron chi connectivity index (χ0n) is 18.9. The molecule has 1 rings (SSSR count). The maximum absolute atomic E-state index is 13.0. The Morgan fingerprint density at radius 3 is 2.09 bits per heavy atom. The van der Waals surface area contributed by atoms with Crippen LogP contribution in [0.5, 0.6) is 5.75 Å². The predicted octanol–water partition coefficient (Wildman–Crippen LogP) is -1.14. The summed E-state index contributed by atoms with van der Waals surface area (Å²) in [5.74, 6) is -3.04. The normalized spacial score (nSPS) is 15.3. The molecule has 0 bridgehead atoms. The number of aliphatic hydroxyl groups is 1. The lowest BCUT2D eigenvalue weighted by molar-refractivity contribution is -0.145. The Hall–Kier alpha value is -2.48. The van der Waals surface area contributed by atoms with Gasteiger partial charge in [0.25, 0.3) is 0 Å². The van der Waals surface area contributed by atoms with Crippen molar-refractivity contribution in [3.05, 3.63) is 29.8 Å². The standard InChI is InChI=1S/C21H32N4O7S2/c1-11(26)17(21(31)32)25-20(30)16(10-33)24-19(29)15(9-12-3-5-13(27)6-4-12)23-18(28)14(22)7-8-34-2/h3-6,11,14-17,26-27,33H,7-10,22H2,1-2H3,(H,23,28)(H,24,29)(H,25,30)(H,31,32). The van der Waals surface area contributed by atoms with E-state index in [4.69, 9.17) is 10.8 Å². The number of phenols is 1. The molecule has 13 heteroatoms. The molecule has 190 valence electrons. The number of rotatable bonds is 14. The number of aliphatic hydroxyl groups excluding tert-OH is 1. The van der Waals surface area contributed by atoms with E-state index in [2.05, 4.69) is 28.6 Å². The minimum absolute atomic E-state index is 0.0331. The molecule has 0 aliphatic carbocycles. The number of aliphatic carboxylic acids is 1.